The van der Waals surface area contributed by atoms with Gasteiger partial charge in [-0.2, -0.15) is 5.10 Å². The molecule has 0 bridgehead atoms. The molecule has 0 aliphatic carbocycles. The Balaban J connectivity index is 1.71. The summed E-state index contributed by atoms with van der Waals surface area (Å²) >= 11 is 0. The third-order valence-electron chi connectivity index (χ3n) is 5.08. The third-order valence-corrected chi connectivity index (χ3v) is 5.08. The molecule has 0 spiro atoms. The summed E-state index contributed by atoms with van der Waals surface area (Å²) < 4.78 is 15.9. The number of piperidine rings is 1. The van der Waals surface area contributed by atoms with Crippen LogP contribution in [0.3, 0.4) is 0 Å². The van der Waals surface area contributed by atoms with Gasteiger partial charge in [-0.25, -0.2) is 4.39 Å². The second-order valence-electron chi connectivity index (χ2n) is 8.50. The lowest BCUT2D eigenvalue weighted by molar-refractivity contribution is 0.0923. The Morgan fingerprint density at radius 3 is 2.70 bits per heavy atom. The molecule has 1 amide bonds. The van der Waals surface area contributed by atoms with E-state index in [9.17, 15) is 9.18 Å². The number of carbonyl (C=O) groups excluding carboxylic acids is 1. The van der Waals surface area contributed by atoms with Gasteiger partial charge in [0.25, 0.3) is 5.91 Å². The second kappa shape index (κ2) is 7.33. The van der Waals surface area contributed by atoms with Crippen LogP contribution in [-0.2, 0) is 12.5 Å². The number of rotatable bonds is 3. The lowest BCUT2D eigenvalue weighted by Gasteiger charge is -2.35. The van der Waals surface area contributed by atoms with Gasteiger partial charge in [-0.1, -0.05) is 26.8 Å². The topological polar surface area (TPSA) is 50.2 Å². The zero-order valence-electron chi connectivity index (χ0n) is 16.8. The van der Waals surface area contributed by atoms with Crippen LogP contribution >= 0.6 is 0 Å². The van der Waals surface area contributed by atoms with Gasteiger partial charge in [-0.05, 0) is 43.5 Å². The predicted octanol–water partition coefficient (Wildman–Crippen LogP) is 3.56. The van der Waals surface area contributed by atoms with Crippen LogP contribution in [-0.4, -0.2) is 34.8 Å². The van der Waals surface area contributed by atoms with Gasteiger partial charge in [0.1, 0.15) is 11.5 Å². The zero-order chi connectivity index (χ0) is 19.8. The normalized spacial score (nSPS) is 17.9. The summed E-state index contributed by atoms with van der Waals surface area (Å²) in [5, 5.41) is 7.59. The van der Waals surface area contributed by atoms with Crippen molar-refractivity contribution in [3.05, 3.63) is 47.0 Å². The highest BCUT2D eigenvalue weighted by atomic mass is 19.1. The molecule has 1 aromatic carbocycles. The number of halogens is 1. The molecule has 1 saturated heterocycles. The summed E-state index contributed by atoms with van der Waals surface area (Å²) in [4.78, 5) is 14.8. The number of amides is 1. The molecule has 5 nitrogen and oxygen atoms in total. The Morgan fingerprint density at radius 2 is 2.04 bits per heavy atom. The van der Waals surface area contributed by atoms with Crippen molar-refractivity contribution in [1.82, 2.24) is 15.1 Å². The van der Waals surface area contributed by atoms with Gasteiger partial charge < -0.3 is 10.2 Å². The predicted molar refractivity (Wildman–Crippen MR) is 106 cm³/mol. The number of aromatic nitrogens is 2. The van der Waals surface area contributed by atoms with Crippen molar-refractivity contribution in [3.63, 3.8) is 0 Å². The van der Waals surface area contributed by atoms with E-state index in [0.717, 1.165) is 30.6 Å². The van der Waals surface area contributed by atoms with Crippen molar-refractivity contribution in [2.24, 2.45) is 7.05 Å². The second-order valence-corrected chi connectivity index (χ2v) is 8.50. The van der Waals surface area contributed by atoms with E-state index < -0.39 is 0 Å². The highest BCUT2D eigenvalue weighted by Gasteiger charge is 2.26. The molecular weight excluding hydrogens is 343 g/mol. The van der Waals surface area contributed by atoms with Crippen LogP contribution in [0.1, 0.15) is 55.4 Å². The highest BCUT2D eigenvalue weighted by Crippen LogP contribution is 2.25. The molecule has 1 fully saturated rings. The van der Waals surface area contributed by atoms with Gasteiger partial charge in [-0.3, -0.25) is 9.48 Å². The third kappa shape index (κ3) is 4.31. The van der Waals surface area contributed by atoms with Crippen molar-refractivity contribution in [2.75, 3.05) is 18.0 Å². The van der Waals surface area contributed by atoms with E-state index in [0.29, 0.717) is 17.9 Å². The van der Waals surface area contributed by atoms with Crippen molar-refractivity contribution in [2.45, 2.75) is 52.0 Å². The number of benzene rings is 1. The monoisotopic (exact) mass is 372 g/mol. The quantitative estimate of drug-likeness (QED) is 0.896. The van der Waals surface area contributed by atoms with Gasteiger partial charge in [0.05, 0.1) is 11.4 Å². The minimum absolute atomic E-state index is 0.0147. The number of hydrogen-bond acceptors (Lipinski definition) is 3. The van der Waals surface area contributed by atoms with E-state index in [-0.39, 0.29) is 23.2 Å². The van der Waals surface area contributed by atoms with Crippen LogP contribution in [0.25, 0.3) is 0 Å². The highest BCUT2D eigenvalue weighted by molar-refractivity contribution is 5.93. The largest absolute Gasteiger partial charge is 0.367 e. The number of nitrogens with one attached hydrogen (secondary N) is 1. The SMILES string of the molecule is Cc1ccc(F)c(N2CCCC(NC(=O)c3cc(C(C)(C)C)nn3C)C2)c1. The van der Waals surface area contributed by atoms with Crippen molar-refractivity contribution in [1.29, 1.82) is 0 Å². The average molecular weight is 372 g/mol. The van der Waals surface area contributed by atoms with E-state index in [4.69, 9.17) is 0 Å². The molecule has 2 aromatic rings. The Morgan fingerprint density at radius 1 is 1.30 bits per heavy atom. The number of anilines is 1. The van der Waals surface area contributed by atoms with E-state index in [1.165, 1.54) is 6.07 Å². The standard InChI is InChI=1S/C21H29FN4O/c1-14-8-9-16(22)17(11-14)26-10-6-7-15(13-26)23-20(27)18-12-19(21(2,3)4)24-25(18)5/h8-9,11-12,15H,6-7,10,13H2,1-5H3,(H,23,27). The number of nitrogens with zero attached hydrogens (tertiary/aromatic N) is 3. The smallest absolute Gasteiger partial charge is 0.269 e. The average Bonchev–Trinajstić information content (AvgIpc) is 2.99. The Kier molecular flexibility index (Phi) is 5.27. The molecule has 146 valence electrons. The lowest BCUT2D eigenvalue weighted by atomic mass is 9.92. The summed E-state index contributed by atoms with van der Waals surface area (Å²) in [7, 11) is 1.79. The summed E-state index contributed by atoms with van der Waals surface area (Å²) in [6.07, 6.45) is 1.80. The summed E-state index contributed by atoms with van der Waals surface area (Å²) in [6.45, 7) is 9.59. The molecule has 0 radical (unpaired) electrons. The first-order chi connectivity index (χ1) is 12.6. The van der Waals surface area contributed by atoms with Gasteiger partial charge in [-0.15, -0.1) is 0 Å². The molecule has 2 heterocycles. The molecular formula is C21H29FN4O. The number of carbonyl (C=O) groups is 1. The maximum absolute atomic E-state index is 14.2. The fourth-order valence-electron chi connectivity index (χ4n) is 3.48. The van der Waals surface area contributed by atoms with Crippen molar-refractivity contribution < 1.29 is 9.18 Å². The molecule has 1 aromatic heterocycles. The fraction of sp³-hybridized carbons (Fsp3) is 0.524. The minimum Gasteiger partial charge on any atom is -0.367 e. The van der Waals surface area contributed by atoms with E-state index in [1.54, 1.807) is 17.8 Å². The maximum Gasteiger partial charge on any atom is 0.269 e. The molecule has 1 atom stereocenters. The van der Waals surface area contributed by atoms with E-state index >= 15 is 0 Å². The molecule has 1 aliphatic rings. The van der Waals surface area contributed by atoms with Crippen LogP contribution in [0.2, 0.25) is 0 Å². The van der Waals surface area contributed by atoms with Crippen molar-refractivity contribution >= 4 is 11.6 Å². The van der Waals surface area contributed by atoms with Crippen LogP contribution in [0.15, 0.2) is 24.3 Å². The first-order valence-electron chi connectivity index (χ1n) is 9.51. The van der Waals surface area contributed by atoms with Crippen LogP contribution in [0, 0.1) is 12.7 Å². The summed E-state index contributed by atoms with van der Waals surface area (Å²) in [5.41, 5.74) is 2.98. The lowest BCUT2D eigenvalue weighted by Crippen LogP contribution is -2.48. The van der Waals surface area contributed by atoms with Gasteiger partial charge in [0.2, 0.25) is 0 Å². The van der Waals surface area contributed by atoms with Gasteiger partial charge in [0.15, 0.2) is 0 Å². The summed E-state index contributed by atoms with van der Waals surface area (Å²) in [5.74, 6) is -0.342. The Bertz CT molecular complexity index is 837. The number of aryl methyl sites for hydroxylation is 2. The Labute approximate surface area is 160 Å². The zero-order valence-corrected chi connectivity index (χ0v) is 16.8. The number of hydrogen-bond donors (Lipinski definition) is 1. The maximum atomic E-state index is 14.2. The fourth-order valence-corrected chi connectivity index (χ4v) is 3.48. The first kappa shape index (κ1) is 19.4. The molecule has 0 saturated carbocycles. The molecule has 3 rings (SSSR count). The Hall–Kier alpha value is -2.37. The summed E-state index contributed by atoms with van der Waals surface area (Å²) in [6, 6.07) is 7.00. The van der Waals surface area contributed by atoms with Gasteiger partial charge >= 0.3 is 0 Å². The molecule has 1 aliphatic heterocycles. The van der Waals surface area contributed by atoms with Gasteiger partial charge in [0, 0.05) is 31.6 Å². The first-order valence-corrected chi connectivity index (χ1v) is 9.51. The van der Waals surface area contributed by atoms with Crippen LogP contribution in [0.5, 0.6) is 0 Å². The van der Waals surface area contributed by atoms with Crippen LogP contribution < -0.4 is 10.2 Å². The minimum atomic E-state index is -0.214. The van der Waals surface area contributed by atoms with E-state index in [2.05, 4.69) is 31.2 Å². The van der Waals surface area contributed by atoms with Crippen molar-refractivity contribution in [3.8, 4) is 0 Å². The molecule has 27 heavy (non-hydrogen) atoms. The van der Waals surface area contributed by atoms with Crippen LogP contribution in [0.4, 0.5) is 10.1 Å². The molecule has 1 N–H and O–H groups in total. The molecule has 6 heteroatoms. The molecule has 1 unspecified atom stereocenters. The van der Waals surface area contributed by atoms with E-state index in [1.807, 2.05) is 24.0 Å².